The van der Waals surface area contributed by atoms with E-state index in [1.807, 2.05) is 0 Å². The summed E-state index contributed by atoms with van der Waals surface area (Å²) in [6.45, 7) is 1.90. The van der Waals surface area contributed by atoms with E-state index in [0.717, 1.165) is 0 Å². The van der Waals surface area contributed by atoms with E-state index in [0.29, 0.717) is 6.54 Å². The van der Waals surface area contributed by atoms with Crippen LogP contribution in [0.25, 0.3) is 0 Å². The number of carboxylic acids is 1. The van der Waals surface area contributed by atoms with Crippen LogP contribution in [0.5, 0.6) is 0 Å². The first-order valence-electron chi connectivity index (χ1n) is 3.27. The van der Waals surface area contributed by atoms with Gasteiger partial charge in [-0.1, -0.05) is 6.92 Å². The van der Waals surface area contributed by atoms with Crippen LogP contribution in [0.1, 0.15) is 6.92 Å². The Morgan fingerprint density at radius 3 is 2.73 bits per heavy atom. The van der Waals surface area contributed by atoms with E-state index in [1.54, 1.807) is 6.92 Å². The van der Waals surface area contributed by atoms with Crippen molar-refractivity contribution in [1.82, 2.24) is 5.32 Å². The minimum Gasteiger partial charge on any atom is -0.481 e. The van der Waals surface area contributed by atoms with E-state index in [-0.39, 0.29) is 5.96 Å². The number of carboxylic acid groups (broad SMARTS) is 1. The molecule has 0 aliphatic rings. The zero-order valence-corrected chi connectivity index (χ0v) is 6.66. The van der Waals surface area contributed by atoms with Gasteiger partial charge in [0.1, 0.15) is 0 Å². The van der Waals surface area contributed by atoms with Crippen LogP contribution in [0, 0.1) is 5.92 Å². The highest BCUT2D eigenvalue weighted by molar-refractivity contribution is 5.78. The van der Waals surface area contributed by atoms with Gasteiger partial charge in [-0.05, 0) is 0 Å². The van der Waals surface area contributed by atoms with Crippen molar-refractivity contribution in [3.63, 3.8) is 0 Å². The molecule has 1 unspecified atom stereocenters. The Balaban J connectivity index is 3.62. The second kappa shape index (κ2) is 4.54. The zero-order valence-electron chi connectivity index (χ0n) is 6.66. The topological polar surface area (TPSA) is 87.7 Å². The van der Waals surface area contributed by atoms with Gasteiger partial charge in [-0.2, -0.15) is 0 Å². The molecule has 0 heterocycles. The Morgan fingerprint density at radius 1 is 1.82 bits per heavy atom. The fourth-order valence-electron chi connectivity index (χ4n) is 0.424. The third-order valence-corrected chi connectivity index (χ3v) is 1.25. The lowest BCUT2D eigenvalue weighted by atomic mass is 10.2. The number of hydrogen-bond donors (Lipinski definition) is 3. The van der Waals surface area contributed by atoms with Gasteiger partial charge < -0.3 is 16.2 Å². The van der Waals surface area contributed by atoms with E-state index in [4.69, 9.17) is 10.8 Å². The predicted molar refractivity (Wildman–Crippen MR) is 42.3 cm³/mol. The van der Waals surface area contributed by atoms with E-state index in [9.17, 15) is 4.79 Å². The maximum Gasteiger partial charge on any atom is 0.308 e. The fraction of sp³-hybridized carbons (Fsp3) is 0.667. The molecule has 11 heavy (non-hydrogen) atoms. The Labute approximate surface area is 65.3 Å². The molecule has 0 radical (unpaired) electrons. The number of carbonyl (C=O) groups is 1. The summed E-state index contributed by atoms with van der Waals surface area (Å²) < 4.78 is 0. The monoisotopic (exact) mass is 159 g/mol. The molecule has 1 atom stereocenters. The van der Waals surface area contributed by atoms with Crippen molar-refractivity contribution >= 4 is 11.9 Å². The van der Waals surface area contributed by atoms with Crippen molar-refractivity contribution in [3.8, 4) is 0 Å². The molecule has 0 spiro atoms. The van der Waals surface area contributed by atoms with Gasteiger partial charge >= 0.3 is 5.97 Å². The lowest BCUT2D eigenvalue weighted by molar-refractivity contribution is -0.140. The van der Waals surface area contributed by atoms with Crippen molar-refractivity contribution in [2.24, 2.45) is 16.6 Å². The minimum atomic E-state index is -0.846. The summed E-state index contributed by atoms with van der Waals surface area (Å²) in [5, 5.41) is 11.1. The van der Waals surface area contributed by atoms with Gasteiger partial charge in [0.15, 0.2) is 5.96 Å². The van der Waals surface area contributed by atoms with Crippen molar-refractivity contribution in [3.05, 3.63) is 0 Å². The number of aliphatic imine (C=N–C) groups is 1. The summed E-state index contributed by atoms with van der Waals surface area (Å²) in [6, 6.07) is 0. The third kappa shape index (κ3) is 4.19. The van der Waals surface area contributed by atoms with Crippen LogP contribution in [0.2, 0.25) is 0 Å². The van der Waals surface area contributed by atoms with Crippen LogP contribution in [-0.2, 0) is 4.79 Å². The molecule has 5 heteroatoms. The van der Waals surface area contributed by atoms with Crippen LogP contribution >= 0.6 is 0 Å². The smallest absolute Gasteiger partial charge is 0.308 e. The second-order valence-corrected chi connectivity index (χ2v) is 2.23. The Morgan fingerprint density at radius 2 is 2.36 bits per heavy atom. The lowest BCUT2D eigenvalue weighted by Gasteiger charge is -2.07. The molecule has 0 aromatic rings. The van der Waals surface area contributed by atoms with Crippen LogP contribution in [0.3, 0.4) is 0 Å². The van der Waals surface area contributed by atoms with Crippen molar-refractivity contribution in [2.45, 2.75) is 6.92 Å². The molecule has 0 rings (SSSR count). The van der Waals surface area contributed by atoms with Crippen LogP contribution < -0.4 is 11.1 Å². The highest BCUT2D eigenvalue weighted by Gasteiger charge is 2.09. The standard InChI is InChI=1S/C6H13N3O2/c1-4(5(10)11)3-9-6(7)8-2/h4H,3H2,1-2H3,(H,10,11)(H3,7,8,9). The molecule has 0 saturated carbocycles. The zero-order chi connectivity index (χ0) is 8.85. The summed E-state index contributed by atoms with van der Waals surface area (Å²) in [7, 11) is 1.54. The maximum atomic E-state index is 10.3. The summed E-state index contributed by atoms with van der Waals surface area (Å²) in [6.07, 6.45) is 0. The Kier molecular flexibility index (Phi) is 4.02. The quantitative estimate of drug-likeness (QED) is 0.373. The van der Waals surface area contributed by atoms with Gasteiger partial charge in [-0.15, -0.1) is 0 Å². The molecular formula is C6H13N3O2. The predicted octanol–water partition coefficient (Wildman–Crippen LogP) is -0.759. The first-order chi connectivity index (χ1) is 5.07. The Bertz CT molecular complexity index is 167. The van der Waals surface area contributed by atoms with Gasteiger partial charge in [-0.3, -0.25) is 9.79 Å². The van der Waals surface area contributed by atoms with Crippen LogP contribution in [0.15, 0.2) is 4.99 Å². The van der Waals surface area contributed by atoms with Crippen LogP contribution in [0.4, 0.5) is 0 Å². The molecular weight excluding hydrogens is 146 g/mol. The summed E-state index contributed by atoms with van der Waals surface area (Å²) in [5.41, 5.74) is 5.27. The third-order valence-electron chi connectivity index (χ3n) is 1.25. The number of hydrogen-bond acceptors (Lipinski definition) is 2. The van der Waals surface area contributed by atoms with Crippen molar-refractivity contribution in [2.75, 3.05) is 13.6 Å². The van der Waals surface area contributed by atoms with E-state index >= 15 is 0 Å². The van der Waals surface area contributed by atoms with Gasteiger partial charge in [0.2, 0.25) is 0 Å². The van der Waals surface area contributed by atoms with Crippen LogP contribution in [-0.4, -0.2) is 30.6 Å². The van der Waals surface area contributed by atoms with Gasteiger partial charge in [-0.25, -0.2) is 0 Å². The molecule has 0 aliphatic carbocycles. The second-order valence-electron chi connectivity index (χ2n) is 2.23. The Hall–Kier alpha value is -1.26. The summed E-state index contributed by atoms with van der Waals surface area (Å²) in [4.78, 5) is 13.9. The van der Waals surface area contributed by atoms with Crippen molar-refractivity contribution in [1.29, 1.82) is 0 Å². The SMILES string of the molecule is CN=C(N)NCC(C)C(=O)O. The fourth-order valence-corrected chi connectivity index (χ4v) is 0.424. The number of aliphatic carboxylic acids is 1. The minimum absolute atomic E-state index is 0.262. The highest BCUT2D eigenvalue weighted by Crippen LogP contribution is 1.90. The molecule has 0 saturated heterocycles. The number of rotatable bonds is 3. The molecule has 0 fully saturated rings. The van der Waals surface area contributed by atoms with Gasteiger partial charge in [0.25, 0.3) is 0 Å². The largest absolute Gasteiger partial charge is 0.481 e. The summed E-state index contributed by atoms with van der Waals surface area (Å²) >= 11 is 0. The normalized spacial score (nSPS) is 14.2. The maximum absolute atomic E-state index is 10.3. The molecule has 5 nitrogen and oxygen atoms in total. The first-order valence-corrected chi connectivity index (χ1v) is 3.27. The average Bonchev–Trinajstić information content (AvgIpc) is 1.99. The number of nitrogens with zero attached hydrogens (tertiary/aromatic N) is 1. The van der Waals surface area contributed by atoms with Gasteiger partial charge in [0.05, 0.1) is 5.92 Å². The molecule has 0 bridgehead atoms. The van der Waals surface area contributed by atoms with E-state index < -0.39 is 11.9 Å². The molecule has 4 N–H and O–H groups in total. The van der Waals surface area contributed by atoms with E-state index in [1.165, 1.54) is 7.05 Å². The molecule has 0 aromatic carbocycles. The highest BCUT2D eigenvalue weighted by atomic mass is 16.4. The lowest BCUT2D eigenvalue weighted by Crippen LogP contribution is -2.36. The number of nitrogens with one attached hydrogen (secondary N) is 1. The number of guanidine groups is 1. The molecule has 64 valence electrons. The van der Waals surface area contributed by atoms with Crippen molar-refractivity contribution < 1.29 is 9.90 Å². The average molecular weight is 159 g/mol. The van der Waals surface area contributed by atoms with E-state index in [2.05, 4.69) is 10.3 Å². The first kappa shape index (κ1) is 9.74. The molecule has 0 aromatic heterocycles. The van der Waals surface area contributed by atoms with Gasteiger partial charge in [0, 0.05) is 13.6 Å². The number of nitrogens with two attached hydrogens (primary N) is 1. The molecule has 0 amide bonds. The molecule has 0 aliphatic heterocycles. The summed E-state index contributed by atoms with van der Waals surface area (Å²) in [5.74, 6) is -1.03.